The van der Waals surface area contributed by atoms with Crippen LogP contribution in [0.3, 0.4) is 0 Å². The molecule has 0 unspecified atom stereocenters. The van der Waals surface area contributed by atoms with Gasteiger partial charge in [-0.05, 0) is 56.2 Å². The van der Waals surface area contributed by atoms with Gasteiger partial charge in [-0.1, -0.05) is 12.1 Å². The molecule has 1 aliphatic heterocycles. The van der Waals surface area contributed by atoms with Gasteiger partial charge < -0.3 is 5.32 Å². The molecule has 0 radical (unpaired) electrons. The largest absolute Gasteiger partial charge is 0.322 e. The van der Waals surface area contributed by atoms with E-state index < -0.39 is 0 Å². The lowest BCUT2D eigenvalue weighted by molar-refractivity contribution is 0.102. The van der Waals surface area contributed by atoms with Gasteiger partial charge in [-0.3, -0.25) is 9.69 Å². The van der Waals surface area contributed by atoms with Gasteiger partial charge in [-0.2, -0.15) is 16.9 Å². The van der Waals surface area contributed by atoms with Gasteiger partial charge in [-0.25, -0.2) is 9.67 Å². The molecule has 0 atom stereocenters. The fourth-order valence-electron chi connectivity index (χ4n) is 3.68. The summed E-state index contributed by atoms with van der Waals surface area (Å²) in [4.78, 5) is 19.6. The molecule has 30 heavy (non-hydrogen) atoms. The number of rotatable bonds is 5. The Kier molecular flexibility index (Phi) is 6.20. The van der Waals surface area contributed by atoms with Crippen LogP contribution in [-0.2, 0) is 6.54 Å². The van der Waals surface area contributed by atoms with Crippen LogP contribution in [0.2, 0.25) is 0 Å². The van der Waals surface area contributed by atoms with Crippen molar-refractivity contribution in [1.82, 2.24) is 19.7 Å². The highest BCUT2D eigenvalue weighted by molar-refractivity contribution is 7.99. The van der Waals surface area contributed by atoms with Crippen molar-refractivity contribution in [2.24, 2.45) is 0 Å². The third-order valence-corrected chi connectivity index (χ3v) is 6.23. The van der Waals surface area contributed by atoms with E-state index in [1.165, 1.54) is 17.1 Å². The first-order valence-electron chi connectivity index (χ1n) is 10.2. The molecule has 1 amide bonds. The van der Waals surface area contributed by atoms with Gasteiger partial charge in [0.25, 0.3) is 5.91 Å². The number of hydrogen-bond donors (Lipinski definition) is 1. The number of anilines is 1. The highest BCUT2D eigenvalue weighted by Gasteiger charge is 2.13. The van der Waals surface area contributed by atoms with Crippen LogP contribution >= 0.6 is 11.8 Å². The number of carbonyl (C=O) groups is 1. The van der Waals surface area contributed by atoms with Crippen molar-refractivity contribution in [3.8, 4) is 5.82 Å². The highest BCUT2D eigenvalue weighted by atomic mass is 32.2. The summed E-state index contributed by atoms with van der Waals surface area (Å²) in [5.41, 5.74) is 5.66. The molecular formula is C23H27N5OS. The normalized spacial score (nSPS) is 14.6. The predicted molar refractivity (Wildman–Crippen MR) is 123 cm³/mol. The molecule has 4 rings (SSSR count). The van der Waals surface area contributed by atoms with E-state index in [1.807, 2.05) is 50.7 Å². The second-order valence-electron chi connectivity index (χ2n) is 7.74. The van der Waals surface area contributed by atoms with Gasteiger partial charge in [0.2, 0.25) is 0 Å². The molecule has 6 nitrogen and oxygen atoms in total. The number of nitrogens with zero attached hydrogens (tertiary/aromatic N) is 4. The number of benzene rings is 1. The second-order valence-corrected chi connectivity index (χ2v) is 8.96. The van der Waals surface area contributed by atoms with Crippen molar-refractivity contribution in [3.63, 3.8) is 0 Å². The van der Waals surface area contributed by atoms with Crippen molar-refractivity contribution < 1.29 is 4.79 Å². The molecule has 1 fully saturated rings. The van der Waals surface area contributed by atoms with Crippen LogP contribution in [0.1, 0.15) is 32.9 Å². The molecule has 3 heterocycles. The van der Waals surface area contributed by atoms with Crippen molar-refractivity contribution in [1.29, 1.82) is 0 Å². The maximum atomic E-state index is 12.7. The minimum Gasteiger partial charge on any atom is -0.322 e. The molecule has 0 saturated carbocycles. The predicted octanol–water partition coefficient (Wildman–Crippen LogP) is 3.99. The van der Waals surface area contributed by atoms with Crippen LogP contribution in [0.15, 0.2) is 42.6 Å². The first kappa shape index (κ1) is 20.6. The number of thioether (sulfide) groups is 1. The molecule has 156 valence electrons. The van der Waals surface area contributed by atoms with E-state index in [1.54, 1.807) is 16.9 Å². The summed E-state index contributed by atoms with van der Waals surface area (Å²) in [6, 6.07) is 11.9. The van der Waals surface area contributed by atoms with Crippen LogP contribution in [0.4, 0.5) is 5.69 Å². The van der Waals surface area contributed by atoms with Crippen LogP contribution in [-0.4, -0.2) is 50.2 Å². The summed E-state index contributed by atoms with van der Waals surface area (Å²) in [7, 11) is 0. The van der Waals surface area contributed by atoms with E-state index in [2.05, 4.69) is 32.4 Å². The van der Waals surface area contributed by atoms with Gasteiger partial charge in [0.15, 0.2) is 5.82 Å². The number of hydrogen-bond acceptors (Lipinski definition) is 5. The number of pyridine rings is 1. The van der Waals surface area contributed by atoms with Crippen molar-refractivity contribution in [3.05, 3.63) is 70.7 Å². The maximum absolute atomic E-state index is 12.7. The van der Waals surface area contributed by atoms with E-state index in [0.717, 1.165) is 42.3 Å². The number of aryl methyl sites for hydroxylation is 3. The number of nitrogens with one attached hydrogen (secondary N) is 1. The molecular weight excluding hydrogens is 394 g/mol. The molecule has 1 aliphatic rings. The summed E-state index contributed by atoms with van der Waals surface area (Å²) < 4.78 is 1.78. The Morgan fingerprint density at radius 3 is 2.53 bits per heavy atom. The molecule has 1 aromatic carbocycles. The SMILES string of the molecule is Cc1cc(C)n(-c2ccc(C(=O)Nc3ccc(CN4CCSCC4)cc3C)cn2)n1. The summed E-state index contributed by atoms with van der Waals surface area (Å²) in [6.07, 6.45) is 1.60. The zero-order chi connectivity index (χ0) is 21.1. The summed E-state index contributed by atoms with van der Waals surface area (Å²) in [6.45, 7) is 9.22. The molecule has 0 aliphatic carbocycles. The van der Waals surface area contributed by atoms with E-state index in [9.17, 15) is 4.79 Å². The van der Waals surface area contributed by atoms with E-state index >= 15 is 0 Å². The Balaban J connectivity index is 1.42. The Labute approximate surface area is 181 Å². The maximum Gasteiger partial charge on any atom is 0.257 e. The van der Waals surface area contributed by atoms with Crippen molar-refractivity contribution >= 4 is 23.4 Å². The zero-order valence-corrected chi connectivity index (χ0v) is 18.5. The van der Waals surface area contributed by atoms with Crippen LogP contribution in [0.25, 0.3) is 5.82 Å². The lowest BCUT2D eigenvalue weighted by atomic mass is 10.1. The topological polar surface area (TPSA) is 63.1 Å². The Morgan fingerprint density at radius 2 is 1.90 bits per heavy atom. The zero-order valence-electron chi connectivity index (χ0n) is 17.7. The Bertz CT molecular complexity index is 1040. The average molecular weight is 422 g/mol. The van der Waals surface area contributed by atoms with Gasteiger partial charge in [0.1, 0.15) is 0 Å². The van der Waals surface area contributed by atoms with Gasteiger partial charge in [0, 0.05) is 48.7 Å². The van der Waals surface area contributed by atoms with Crippen LogP contribution in [0.5, 0.6) is 0 Å². The first-order chi connectivity index (χ1) is 14.5. The van der Waals surface area contributed by atoms with Crippen molar-refractivity contribution in [2.45, 2.75) is 27.3 Å². The van der Waals surface area contributed by atoms with Crippen molar-refractivity contribution in [2.75, 3.05) is 29.9 Å². The molecule has 0 spiro atoms. The second kappa shape index (κ2) is 9.02. The third kappa shape index (κ3) is 4.74. The Morgan fingerprint density at radius 1 is 1.10 bits per heavy atom. The van der Waals surface area contributed by atoms with E-state index in [-0.39, 0.29) is 5.91 Å². The van der Waals surface area contributed by atoms with E-state index in [0.29, 0.717) is 11.4 Å². The number of carbonyl (C=O) groups excluding carboxylic acids is 1. The molecule has 3 aromatic rings. The smallest absolute Gasteiger partial charge is 0.257 e. The minimum absolute atomic E-state index is 0.161. The summed E-state index contributed by atoms with van der Waals surface area (Å²) in [5, 5.41) is 7.45. The monoisotopic (exact) mass is 421 g/mol. The average Bonchev–Trinajstić information content (AvgIpc) is 3.09. The molecule has 0 bridgehead atoms. The summed E-state index contributed by atoms with van der Waals surface area (Å²) >= 11 is 2.02. The first-order valence-corrected chi connectivity index (χ1v) is 11.4. The Hall–Kier alpha value is -2.64. The number of amides is 1. The lowest BCUT2D eigenvalue weighted by Gasteiger charge is -2.26. The van der Waals surface area contributed by atoms with Gasteiger partial charge in [-0.15, -0.1) is 0 Å². The number of aromatic nitrogens is 3. The fraction of sp³-hybridized carbons (Fsp3) is 0.348. The minimum atomic E-state index is -0.161. The molecule has 7 heteroatoms. The van der Waals surface area contributed by atoms with Gasteiger partial charge >= 0.3 is 0 Å². The summed E-state index contributed by atoms with van der Waals surface area (Å²) in [5.74, 6) is 2.96. The van der Waals surface area contributed by atoms with Crippen LogP contribution in [0, 0.1) is 20.8 Å². The molecule has 1 saturated heterocycles. The fourth-order valence-corrected chi connectivity index (χ4v) is 4.66. The third-order valence-electron chi connectivity index (χ3n) is 5.29. The lowest BCUT2D eigenvalue weighted by Crippen LogP contribution is -2.31. The van der Waals surface area contributed by atoms with E-state index in [4.69, 9.17) is 0 Å². The standard InChI is InChI=1S/C23H27N5OS/c1-16-12-19(15-27-8-10-30-11-9-27)4-6-21(16)25-23(29)20-5-7-22(24-14-20)28-18(3)13-17(2)26-28/h4-7,12-14H,8-11,15H2,1-3H3,(H,25,29). The molecule has 2 aromatic heterocycles. The molecule has 1 N–H and O–H groups in total. The van der Waals surface area contributed by atoms with Gasteiger partial charge in [0.05, 0.1) is 11.3 Å². The highest BCUT2D eigenvalue weighted by Crippen LogP contribution is 2.20. The van der Waals surface area contributed by atoms with Crippen LogP contribution < -0.4 is 5.32 Å². The quantitative estimate of drug-likeness (QED) is 0.675.